The Hall–Kier alpha value is -4.35. The van der Waals surface area contributed by atoms with Crippen LogP contribution in [0.1, 0.15) is 70.6 Å². The minimum absolute atomic E-state index is 0.0355. The lowest BCUT2D eigenvalue weighted by Crippen LogP contribution is -2.61. The normalized spacial score (nSPS) is 16.2. The zero-order valence-corrected chi connectivity index (χ0v) is 29.6. The Morgan fingerprint density at radius 2 is 1.84 bits per heavy atom. The van der Waals surface area contributed by atoms with Crippen molar-refractivity contribution in [2.45, 2.75) is 114 Å². The van der Waals surface area contributed by atoms with Crippen LogP contribution in [0.5, 0.6) is 0 Å². The summed E-state index contributed by atoms with van der Waals surface area (Å²) in [6, 6.07) is 5.63. The Morgan fingerprint density at radius 1 is 1.12 bits per heavy atom. The molecule has 1 aliphatic rings. The standard InChI is InChI=1S/C33H48N10O6S/c1-33(2,3)49-32(48)38-25(14-21-10-6-4-7-11-21)30(47)43(29(46)24(34)16-23-17-36-20-37-23)26(15-22-12-8-5-9-13-22)27(44)19-50-31-39-40-41-42(31)18-28(35)45/h4,6-7,10-11,17,20,22,24-27,44H,5,8-9,12-16,18-19,34H2,1-3H3,(H2,35,45)(H,36,37)(H,38,48)/t24-,25-,26?,27?/m0/s1. The first-order chi connectivity index (χ1) is 23.8. The van der Waals surface area contributed by atoms with Gasteiger partial charge in [0.05, 0.1) is 24.5 Å². The van der Waals surface area contributed by atoms with Gasteiger partial charge in [0.15, 0.2) is 0 Å². The molecule has 1 aromatic carbocycles. The molecule has 0 aliphatic heterocycles. The van der Waals surface area contributed by atoms with E-state index < -0.39 is 53.6 Å². The molecule has 1 fully saturated rings. The molecule has 50 heavy (non-hydrogen) atoms. The number of alkyl carbamates (subject to hydrolysis) is 1. The first-order valence-corrected chi connectivity index (χ1v) is 17.8. The number of aromatic amines is 1. The van der Waals surface area contributed by atoms with Crippen LogP contribution >= 0.6 is 11.8 Å². The number of aliphatic hydroxyl groups is 1. The molecular weight excluding hydrogens is 664 g/mol. The fourth-order valence-corrected chi connectivity index (χ4v) is 6.91. The van der Waals surface area contributed by atoms with Crippen molar-refractivity contribution >= 4 is 35.6 Å². The van der Waals surface area contributed by atoms with Crippen molar-refractivity contribution in [2.75, 3.05) is 5.75 Å². The van der Waals surface area contributed by atoms with Crippen LogP contribution in [0, 0.1) is 5.92 Å². The maximum Gasteiger partial charge on any atom is 0.408 e. The highest BCUT2D eigenvalue weighted by atomic mass is 32.2. The zero-order valence-electron chi connectivity index (χ0n) is 28.7. The van der Waals surface area contributed by atoms with Crippen molar-refractivity contribution in [1.82, 2.24) is 40.4 Å². The SMILES string of the molecule is CC(C)(C)OC(=O)N[C@@H](Cc1ccccc1)C(=O)N(C(=O)[C@@H](N)Cc1cnc[nH]1)C(CC1CCCCC1)C(O)CSc1nnnn1CC(N)=O. The number of H-pyrrole nitrogens is 1. The number of carbonyl (C=O) groups excluding carboxylic acids is 4. The maximum absolute atomic E-state index is 14.8. The number of aliphatic hydroxyl groups excluding tert-OH is 1. The Kier molecular flexibility index (Phi) is 13.9. The second-order valence-corrected chi connectivity index (χ2v) is 14.6. The van der Waals surface area contributed by atoms with E-state index in [-0.39, 0.29) is 36.2 Å². The Balaban J connectivity index is 1.72. The molecule has 7 N–H and O–H groups in total. The average Bonchev–Trinajstić information content (AvgIpc) is 3.74. The number of primary amides is 1. The molecule has 2 heterocycles. The number of carbonyl (C=O) groups is 4. The summed E-state index contributed by atoms with van der Waals surface area (Å²) in [5, 5.41) is 26.2. The van der Waals surface area contributed by atoms with Crippen molar-refractivity contribution in [1.29, 1.82) is 0 Å². The minimum atomic E-state index is -1.27. The number of nitrogens with two attached hydrogens (primary N) is 2. The number of imide groups is 1. The predicted molar refractivity (Wildman–Crippen MR) is 184 cm³/mol. The van der Waals surface area contributed by atoms with E-state index in [1.54, 1.807) is 27.0 Å². The van der Waals surface area contributed by atoms with Crippen molar-refractivity contribution in [3.63, 3.8) is 0 Å². The Bertz CT molecular complexity index is 1540. The Morgan fingerprint density at radius 3 is 2.48 bits per heavy atom. The summed E-state index contributed by atoms with van der Waals surface area (Å²) in [5.74, 6) is -2.01. The lowest BCUT2D eigenvalue weighted by atomic mass is 9.83. The summed E-state index contributed by atoms with van der Waals surface area (Å²) in [6.07, 6.45) is 6.11. The van der Waals surface area contributed by atoms with E-state index in [0.29, 0.717) is 12.1 Å². The molecule has 4 atom stereocenters. The van der Waals surface area contributed by atoms with E-state index in [4.69, 9.17) is 16.2 Å². The fraction of sp³-hybridized carbons (Fsp3) is 0.576. The van der Waals surface area contributed by atoms with E-state index in [1.165, 1.54) is 11.0 Å². The van der Waals surface area contributed by atoms with Crippen LogP contribution in [0.3, 0.4) is 0 Å². The molecule has 0 spiro atoms. The molecule has 2 aromatic heterocycles. The zero-order chi connectivity index (χ0) is 36.3. The van der Waals surface area contributed by atoms with Gasteiger partial charge in [-0.05, 0) is 49.1 Å². The van der Waals surface area contributed by atoms with Crippen LogP contribution < -0.4 is 16.8 Å². The van der Waals surface area contributed by atoms with Gasteiger partial charge in [0, 0.05) is 30.5 Å². The van der Waals surface area contributed by atoms with E-state index in [9.17, 15) is 24.3 Å². The highest BCUT2D eigenvalue weighted by molar-refractivity contribution is 7.99. The first kappa shape index (κ1) is 38.5. The van der Waals surface area contributed by atoms with E-state index in [1.807, 2.05) is 30.3 Å². The number of hydrogen-bond acceptors (Lipinski definition) is 12. The lowest BCUT2D eigenvalue weighted by molar-refractivity contribution is -0.153. The van der Waals surface area contributed by atoms with Gasteiger partial charge in [0.1, 0.15) is 18.2 Å². The van der Waals surface area contributed by atoms with Crippen LogP contribution in [0.25, 0.3) is 0 Å². The third kappa shape index (κ3) is 11.6. The predicted octanol–water partition coefficient (Wildman–Crippen LogP) is 1.73. The van der Waals surface area contributed by atoms with E-state index in [0.717, 1.165) is 54.3 Å². The number of nitrogens with one attached hydrogen (secondary N) is 2. The van der Waals surface area contributed by atoms with Gasteiger partial charge < -0.3 is 31.6 Å². The van der Waals surface area contributed by atoms with Gasteiger partial charge in [-0.1, -0.05) is 74.2 Å². The Labute approximate surface area is 295 Å². The van der Waals surface area contributed by atoms with Gasteiger partial charge in [-0.2, -0.15) is 0 Å². The third-order valence-electron chi connectivity index (χ3n) is 8.32. The van der Waals surface area contributed by atoms with Crippen LogP contribution in [-0.2, 0) is 38.5 Å². The van der Waals surface area contributed by atoms with Gasteiger partial charge in [-0.3, -0.25) is 19.3 Å². The number of ether oxygens (including phenoxy) is 1. The summed E-state index contributed by atoms with van der Waals surface area (Å²) >= 11 is 1.06. The van der Waals surface area contributed by atoms with Crippen molar-refractivity contribution in [2.24, 2.45) is 17.4 Å². The highest BCUT2D eigenvalue weighted by Crippen LogP contribution is 2.32. The molecule has 1 aliphatic carbocycles. The smallest absolute Gasteiger partial charge is 0.408 e. The van der Waals surface area contributed by atoms with Crippen LogP contribution in [0.2, 0.25) is 0 Å². The molecule has 16 nitrogen and oxygen atoms in total. The van der Waals surface area contributed by atoms with Gasteiger partial charge in [-0.25, -0.2) is 14.5 Å². The number of thioether (sulfide) groups is 1. The summed E-state index contributed by atoms with van der Waals surface area (Å²) in [6.45, 7) is 4.86. The highest BCUT2D eigenvalue weighted by Gasteiger charge is 2.42. The average molecular weight is 713 g/mol. The molecule has 2 unspecified atom stereocenters. The molecule has 0 radical (unpaired) electrons. The van der Waals surface area contributed by atoms with Gasteiger partial charge in [-0.15, -0.1) is 5.10 Å². The molecule has 272 valence electrons. The second-order valence-electron chi connectivity index (χ2n) is 13.6. The summed E-state index contributed by atoms with van der Waals surface area (Å²) < 4.78 is 6.73. The second kappa shape index (κ2) is 18.1. The maximum atomic E-state index is 14.8. The van der Waals surface area contributed by atoms with Crippen molar-refractivity contribution in [3.05, 3.63) is 54.1 Å². The number of aromatic nitrogens is 6. The number of nitrogens with zero attached hydrogens (tertiary/aromatic N) is 6. The topological polar surface area (TPSA) is 237 Å². The number of benzene rings is 1. The monoisotopic (exact) mass is 712 g/mol. The molecule has 0 bridgehead atoms. The minimum Gasteiger partial charge on any atom is -0.444 e. The number of imidazole rings is 1. The van der Waals surface area contributed by atoms with Gasteiger partial charge >= 0.3 is 6.09 Å². The molecule has 0 saturated heterocycles. The number of tetrazole rings is 1. The van der Waals surface area contributed by atoms with Crippen LogP contribution in [0.4, 0.5) is 4.79 Å². The first-order valence-electron chi connectivity index (χ1n) is 16.8. The van der Waals surface area contributed by atoms with E-state index >= 15 is 0 Å². The molecule has 17 heteroatoms. The number of amides is 4. The van der Waals surface area contributed by atoms with Crippen LogP contribution in [0.15, 0.2) is 48.0 Å². The molecule has 3 aromatic rings. The lowest BCUT2D eigenvalue weighted by Gasteiger charge is -2.39. The summed E-state index contributed by atoms with van der Waals surface area (Å²) in [7, 11) is 0. The van der Waals surface area contributed by atoms with Crippen molar-refractivity contribution in [3.8, 4) is 0 Å². The number of rotatable bonds is 16. The van der Waals surface area contributed by atoms with Crippen LogP contribution in [-0.4, -0.2) is 99.6 Å². The largest absolute Gasteiger partial charge is 0.444 e. The van der Waals surface area contributed by atoms with Gasteiger partial charge in [0.25, 0.3) is 5.91 Å². The molecule has 4 amide bonds. The van der Waals surface area contributed by atoms with Crippen molar-refractivity contribution < 1.29 is 29.0 Å². The molecular formula is C33H48N10O6S. The number of hydrogen-bond donors (Lipinski definition) is 5. The van der Waals surface area contributed by atoms with E-state index in [2.05, 4.69) is 30.8 Å². The third-order valence-corrected chi connectivity index (χ3v) is 9.38. The summed E-state index contributed by atoms with van der Waals surface area (Å²) in [5.41, 5.74) is 12.3. The molecule has 1 saturated carbocycles. The summed E-state index contributed by atoms with van der Waals surface area (Å²) in [4.78, 5) is 62.0. The molecule has 4 rings (SSSR count). The fourth-order valence-electron chi connectivity index (χ4n) is 6.02. The van der Waals surface area contributed by atoms with Gasteiger partial charge in [0.2, 0.25) is 17.0 Å². The quantitative estimate of drug-likeness (QED) is 0.134.